The summed E-state index contributed by atoms with van der Waals surface area (Å²) in [6, 6.07) is 10.9. The predicted octanol–water partition coefficient (Wildman–Crippen LogP) is 5.27. The van der Waals surface area contributed by atoms with Gasteiger partial charge in [-0.1, -0.05) is 11.6 Å². The van der Waals surface area contributed by atoms with Crippen molar-refractivity contribution in [3.63, 3.8) is 0 Å². The maximum Gasteiger partial charge on any atom is 0.268 e. The van der Waals surface area contributed by atoms with E-state index < -0.39 is 0 Å². The average Bonchev–Trinajstić information content (AvgIpc) is 3.46. The van der Waals surface area contributed by atoms with Crippen molar-refractivity contribution >= 4 is 28.4 Å². The summed E-state index contributed by atoms with van der Waals surface area (Å²) in [7, 11) is 0. The van der Waals surface area contributed by atoms with E-state index in [1.54, 1.807) is 24.9 Å². The molecule has 4 N–H and O–H groups in total. The van der Waals surface area contributed by atoms with Gasteiger partial charge in [0.25, 0.3) is 5.91 Å². The van der Waals surface area contributed by atoms with Crippen molar-refractivity contribution in [1.29, 1.82) is 0 Å². The molecular formula is C22H22ClN3O3. The van der Waals surface area contributed by atoms with Gasteiger partial charge in [0.05, 0.1) is 24.8 Å². The Balaban J connectivity index is 1.41. The summed E-state index contributed by atoms with van der Waals surface area (Å²) >= 11 is 6.17. The topological polar surface area (TPSA) is 97.2 Å². The van der Waals surface area contributed by atoms with Crippen LogP contribution in [0.4, 0.5) is 0 Å². The van der Waals surface area contributed by atoms with Crippen LogP contribution in [0, 0.1) is 0 Å². The van der Waals surface area contributed by atoms with Crippen molar-refractivity contribution in [2.24, 2.45) is 5.73 Å². The molecule has 150 valence electrons. The van der Waals surface area contributed by atoms with Gasteiger partial charge in [0, 0.05) is 33.6 Å². The van der Waals surface area contributed by atoms with Crippen LogP contribution in [0.5, 0.6) is 0 Å². The van der Waals surface area contributed by atoms with Crippen LogP contribution in [-0.2, 0) is 0 Å². The van der Waals surface area contributed by atoms with Crippen LogP contribution in [0.15, 0.2) is 64.0 Å². The minimum atomic E-state index is -0.163. The van der Waals surface area contributed by atoms with Crippen LogP contribution in [0.25, 0.3) is 22.0 Å². The molecule has 0 aliphatic rings. The van der Waals surface area contributed by atoms with Crippen LogP contribution in [0.2, 0.25) is 5.02 Å². The highest BCUT2D eigenvalue weighted by atomic mass is 35.5. The fraction of sp³-hybridized carbons (Fsp3) is 0.227. The number of fused-ring (bicyclic) bond motifs is 1. The fourth-order valence-electron chi connectivity index (χ4n) is 3.47. The second-order valence-corrected chi connectivity index (χ2v) is 7.39. The van der Waals surface area contributed by atoms with E-state index in [1.165, 1.54) is 0 Å². The summed E-state index contributed by atoms with van der Waals surface area (Å²) in [5.41, 5.74) is 9.05. The van der Waals surface area contributed by atoms with Crippen LogP contribution in [0.3, 0.4) is 0 Å². The number of aromatic nitrogens is 1. The molecule has 1 unspecified atom stereocenters. The first-order valence-corrected chi connectivity index (χ1v) is 9.92. The SMILES string of the molecule is NC(CCCCNC(=O)c1[nH]c2ccc(Cl)cc2c1-c1ccoc1)c1ccco1. The van der Waals surface area contributed by atoms with E-state index in [0.29, 0.717) is 17.3 Å². The number of hydrogen-bond acceptors (Lipinski definition) is 4. The van der Waals surface area contributed by atoms with Gasteiger partial charge < -0.3 is 24.9 Å². The van der Waals surface area contributed by atoms with Gasteiger partial charge in [-0.15, -0.1) is 0 Å². The van der Waals surface area contributed by atoms with Crippen molar-refractivity contribution in [3.05, 3.63) is 71.7 Å². The van der Waals surface area contributed by atoms with Crippen molar-refractivity contribution in [2.45, 2.75) is 25.3 Å². The second kappa shape index (κ2) is 8.59. The summed E-state index contributed by atoms with van der Waals surface area (Å²) in [5.74, 6) is 0.624. The zero-order chi connectivity index (χ0) is 20.2. The number of unbranched alkanes of at least 4 members (excludes halogenated alkanes) is 1. The first-order valence-electron chi connectivity index (χ1n) is 9.54. The number of amides is 1. The van der Waals surface area contributed by atoms with Crippen LogP contribution in [0.1, 0.15) is 41.6 Å². The summed E-state index contributed by atoms with van der Waals surface area (Å²) < 4.78 is 10.5. The number of carbonyl (C=O) groups excluding carboxylic acids is 1. The molecule has 3 heterocycles. The lowest BCUT2D eigenvalue weighted by molar-refractivity contribution is 0.0949. The molecule has 4 aromatic rings. The number of furan rings is 2. The highest BCUT2D eigenvalue weighted by Gasteiger charge is 2.20. The maximum absolute atomic E-state index is 12.9. The van der Waals surface area contributed by atoms with Crippen LogP contribution in [-0.4, -0.2) is 17.4 Å². The summed E-state index contributed by atoms with van der Waals surface area (Å²) in [6.07, 6.45) is 7.35. The molecule has 1 aromatic carbocycles. The molecule has 6 nitrogen and oxygen atoms in total. The van der Waals surface area contributed by atoms with Crippen molar-refractivity contribution < 1.29 is 13.6 Å². The first-order chi connectivity index (χ1) is 14.1. The zero-order valence-electron chi connectivity index (χ0n) is 15.8. The normalized spacial score (nSPS) is 12.3. The highest BCUT2D eigenvalue weighted by Crippen LogP contribution is 2.34. The van der Waals surface area contributed by atoms with Gasteiger partial charge in [0.2, 0.25) is 0 Å². The quantitative estimate of drug-likeness (QED) is 0.344. The first kappa shape index (κ1) is 19.4. The minimum Gasteiger partial charge on any atom is -0.472 e. The van der Waals surface area contributed by atoms with E-state index >= 15 is 0 Å². The number of benzene rings is 1. The van der Waals surface area contributed by atoms with E-state index in [4.69, 9.17) is 26.2 Å². The lowest BCUT2D eigenvalue weighted by Crippen LogP contribution is -2.25. The van der Waals surface area contributed by atoms with E-state index in [2.05, 4.69) is 10.3 Å². The maximum atomic E-state index is 12.9. The zero-order valence-corrected chi connectivity index (χ0v) is 16.5. The van der Waals surface area contributed by atoms with Crippen molar-refractivity contribution in [1.82, 2.24) is 10.3 Å². The molecule has 0 radical (unpaired) electrons. The molecule has 0 saturated heterocycles. The number of hydrogen-bond donors (Lipinski definition) is 3. The Hall–Kier alpha value is -2.96. The Kier molecular flexibility index (Phi) is 5.74. The third-order valence-electron chi connectivity index (χ3n) is 4.93. The molecule has 1 amide bonds. The lowest BCUT2D eigenvalue weighted by Gasteiger charge is -2.09. The van der Waals surface area contributed by atoms with Gasteiger partial charge in [0.15, 0.2) is 0 Å². The number of nitrogens with one attached hydrogen (secondary N) is 2. The number of carbonyl (C=O) groups is 1. The molecule has 0 saturated carbocycles. The number of halogens is 1. The van der Waals surface area contributed by atoms with Gasteiger partial charge in [-0.3, -0.25) is 4.79 Å². The van der Waals surface area contributed by atoms with E-state index in [1.807, 2.05) is 30.3 Å². The standard InChI is InChI=1S/C22H22ClN3O3/c23-15-6-7-18-16(12-15)20(14-8-11-28-13-14)21(26-18)22(27)25-9-2-1-4-17(24)19-5-3-10-29-19/h3,5-8,10-13,17,26H,1-2,4,9,24H2,(H,25,27). The van der Waals surface area contributed by atoms with Gasteiger partial charge in [-0.05, 0) is 55.7 Å². The Labute approximate surface area is 173 Å². The molecular weight excluding hydrogens is 390 g/mol. The molecule has 0 bridgehead atoms. The Morgan fingerprint density at radius 3 is 2.86 bits per heavy atom. The van der Waals surface area contributed by atoms with Gasteiger partial charge in [0.1, 0.15) is 11.5 Å². The van der Waals surface area contributed by atoms with Gasteiger partial charge in [-0.25, -0.2) is 0 Å². The molecule has 4 rings (SSSR count). The molecule has 0 aliphatic heterocycles. The number of H-pyrrole nitrogens is 1. The second-order valence-electron chi connectivity index (χ2n) is 6.95. The van der Waals surface area contributed by atoms with Crippen molar-refractivity contribution in [3.8, 4) is 11.1 Å². The molecule has 7 heteroatoms. The van der Waals surface area contributed by atoms with E-state index in [9.17, 15) is 4.79 Å². The molecule has 0 aliphatic carbocycles. The monoisotopic (exact) mass is 411 g/mol. The molecule has 0 fully saturated rings. The number of rotatable bonds is 8. The van der Waals surface area contributed by atoms with Gasteiger partial charge in [-0.2, -0.15) is 0 Å². The number of aromatic amines is 1. The van der Waals surface area contributed by atoms with E-state index in [-0.39, 0.29) is 11.9 Å². The average molecular weight is 412 g/mol. The highest BCUT2D eigenvalue weighted by molar-refractivity contribution is 6.31. The summed E-state index contributed by atoms with van der Waals surface area (Å²) in [6.45, 7) is 0.560. The Bertz CT molecular complexity index is 1080. The predicted molar refractivity (Wildman–Crippen MR) is 113 cm³/mol. The molecule has 29 heavy (non-hydrogen) atoms. The van der Waals surface area contributed by atoms with Crippen LogP contribution >= 0.6 is 11.6 Å². The Morgan fingerprint density at radius 1 is 1.21 bits per heavy atom. The summed E-state index contributed by atoms with van der Waals surface area (Å²) in [4.78, 5) is 16.1. The number of nitrogens with two attached hydrogens (primary N) is 1. The van der Waals surface area contributed by atoms with Crippen molar-refractivity contribution in [2.75, 3.05) is 6.54 Å². The Morgan fingerprint density at radius 2 is 2.10 bits per heavy atom. The van der Waals surface area contributed by atoms with Crippen LogP contribution < -0.4 is 11.1 Å². The lowest BCUT2D eigenvalue weighted by atomic mass is 10.0. The molecule has 0 spiro atoms. The molecule has 1 atom stereocenters. The third-order valence-corrected chi connectivity index (χ3v) is 5.17. The minimum absolute atomic E-state index is 0.119. The third kappa shape index (κ3) is 4.23. The molecule has 3 aromatic heterocycles. The van der Waals surface area contributed by atoms with Gasteiger partial charge >= 0.3 is 0 Å². The summed E-state index contributed by atoms with van der Waals surface area (Å²) in [5, 5.41) is 4.48. The fourth-order valence-corrected chi connectivity index (χ4v) is 3.64. The largest absolute Gasteiger partial charge is 0.472 e. The smallest absolute Gasteiger partial charge is 0.268 e. The van der Waals surface area contributed by atoms with E-state index in [0.717, 1.165) is 47.1 Å².